The van der Waals surface area contributed by atoms with Crippen molar-refractivity contribution in [2.24, 2.45) is 0 Å². The Labute approximate surface area is 163 Å². The van der Waals surface area contributed by atoms with Gasteiger partial charge < -0.3 is 10.1 Å². The molecular formula is C22H23N3O3. The Bertz CT molecular complexity index is 982. The van der Waals surface area contributed by atoms with E-state index in [1.807, 2.05) is 61.5 Å². The predicted octanol–water partition coefficient (Wildman–Crippen LogP) is 3.18. The predicted molar refractivity (Wildman–Crippen MR) is 108 cm³/mol. The lowest BCUT2D eigenvalue weighted by Crippen LogP contribution is -2.32. The minimum absolute atomic E-state index is 0.158. The van der Waals surface area contributed by atoms with Crippen LogP contribution in [-0.2, 0) is 6.54 Å². The quantitative estimate of drug-likeness (QED) is 0.686. The summed E-state index contributed by atoms with van der Waals surface area (Å²) in [6.45, 7) is 2.31. The van der Waals surface area contributed by atoms with Crippen molar-refractivity contribution in [3.63, 3.8) is 0 Å². The van der Waals surface area contributed by atoms with Crippen molar-refractivity contribution in [2.75, 3.05) is 7.11 Å². The number of amides is 1. The number of carbonyl (C=O) groups is 1. The van der Waals surface area contributed by atoms with Crippen molar-refractivity contribution >= 4 is 5.91 Å². The second-order valence-electron chi connectivity index (χ2n) is 6.41. The number of nitrogens with one attached hydrogen (secondary N) is 1. The molecule has 0 radical (unpaired) electrons. The van der Waals surface area contributed by atoms with Gasteiger partial charge in [-0.05, 0) is 35.7 Å². The summed E-state index contributed by atoms with van der Waals surface area (Å²) in [5.41, 5.74) is 1.89. The van der Waals surface area contributed by atoms with E-state index >= 15 is 0 Å². The van der Waals surface area contributed by atoms with Gasteiger partial charge in [0.15, 0.2) is 0 Å². The second-order valence-corrected chi connectivity index (χ2v) is 6.41. The van der Waals surface area contributed by atoms with Gasteiger partial charge in [0.2, 0.25) is 0 Å². The van der Waals surface area contributed by atoms with Gasteiger partial charge in [-0.1, -0.05) is 49.4 Å². The van der Waals surface area contributed by atoms with Crippen LogP contribution in [0.2, 0.25) is 0 Å². The van der Waals surface area contributed by atoms with E-state index in [1.54, 1.807) is 7.11 Å². The van der Waals surface area contributed by atoms with Crippen LogP contribution in [0.5, 0.6) is 5.75 Å². The van der Waals surface area contributed by atoms with E-state index in [1.165, 1.54) is 16.8 Å². The molecule has 1 N–H and O–H groups in total. The van der Waals surface area contributed by atoms with Gasteiger partial charge in [-0.2, -0.15) is 5.10 Å². The zero-order chi connectivity index (χ0) is 19.9. The van der Waals surface area contributed by atoms with Gasteiger partial charge in [0, 0.05) is 6.07 Å². The molecular weight excluding hydrogens is 354 g/mol. The third kappa shape index (κ3) is 4.65. The van der Waals surface area contributed by atoms with E-state index in [9.17, 15) is 9.59 Å². The molecule has 0 aliphatic carbocycles. The number of carbonyl (C=O) groups excluding carboxylic acids is 1. The molecule has 0 saturated heterocycles. The van der Waals surface area contributed by atoms with Gasteiger partial charge >= 0.3 is 0 Å². The van der Waals surface area contributed by atoms with E-state index in [-0.39, 0.29) is 23.2 Å². The van der Waals surface area contributed by atoms with Crippen LogP contribution in [0.25, 0.3) is 0 Å². The maximum Gasteiger partial charge on any atom is 0.272 e. The summed E-state index contributed by atoms with van der Waals surface area (Å²) in [6, 6.07) is 19.8. The summed E-state index contributed by atoms with van der Waals surface area (Å²) in [4.78, 5) is 24.8. The number of benzene rings is 2. The molecule has 0 aliphatic rings. The molecule has 1 unspecified atom stereocenters. The van der Waals surface area contributed by atoms with Crippen LogP contribution < -0.4 is 15.6 Å². The van der Waals surface area contributed by atoms with Crippen LogP contribution in [0, 0.1) is 0 Å². The smallest absolute Gasteiger partial charge is 0.272 e. The first-order valence-corrected chi connectivity index (χ1v) is 9.17. The molecule has 1 aromatic heterocycles. The molecule has 0 spiro atoms. The van der Waals surface area contributed by atoms with Crippen LogP contribution in [0.4, 0.5) is 0 Å². The van der Waals surface area contributed by atoms with Crippen LogP contribution in [0.1, 0.15) is 41.0 Å². The van der Waals surface area contributed by atoms with Crippen molar-refractivity contribution < 1.29 is 9.53 Å². The monoisotopic (exact) mass is 377 g/mol. The molecule has 2 aromatic carbocycles. The Balaban J connectivity index is 1.77. The van der Waals surface area contributed by atoms with E-state index in [4.69, 9.17) is 4.74 Å². The van der Waals surface area contributed by atoms with Gasteiger partial charge in [0.1, 0.15) is 11.4 Å². The number of ether oxygens (including phenoxy) is 1. The minimum Gasteiger partial charge on any atom is -0.497 e. The molecule has 6 heteroatoms. The standard InChI is InChI=1S/C22H23N3O3/c1-3-19(17-9-11-18(28-2)12-10-17)23-22(27)20-13-14-21(26)25(24-20)15-16-7-5-4-6-8-16/h4-14,19H,3,15H2,1-2H3,(H,23,27). The van der Waals surface area contributed by atoms with Gasteiger partial charge in [-0.3, -0.25) is 9.59 Å². The highest BCUT2D eigenvalue weighted by Crippen LogP contribution is 2.20. The Kier molecular flexibility index (Phi) is 6.22. The summed E-state index contributed by atoms with van der Waals surface area (Å²) in [7, 11) is 1.62. The highest BCUT2D eigenvalue weighted by molar-refractivity contribution is 5.92. The zero-order valence-electron chi connectivity index (χ0n) is 16.0. The number of hydrogen-bond acceptors (Lipinski definition) is 4. The van der Waals surface area contributed by atoms with Gasteiger partial charge in [0.05, 0.1) is 19.7 Å². The molecule has 0 saturated carbocycles. The fourth-order valence-electron chi connectivity index (χ4n) is 2.93. The Hall–Kier alpha value is -3.41. The number of nitrogens with zero attached hydrogens (tertiary/aromatic N) is 2. The van der Waals surface area contributed by atoms with Gasteiger partial charge in [-0.15, -0.1) is 0 Å². The number of hydrogen-bond donors (Lipinski definition) is 1. The topological polar surface area (TPSA) is 73.2 Å². The molecule has 0 fully saturated rings. The normalized spacial score (nSPS) is 11.6. The molecule has 3 aromatic rings. The van der Waals surface area contributed by atoms with Crippen molar-refractivity contribution in [2.45, 2.75) is 25.9 Å². The average Bonchev–Trinajstić information content (AvgIpc) is 2.74. The van der Waals surface area contributed by atoms with Gasteiger partial charge in [0.25, 0.3) is 11.5 Å². The Morgan fingerprint density at radius 2 is 1.79 bits per heavy atom. The summed E-state index contributed by atoms with van der Waals surface area (Å²) in [5, 5.41) is 7.24. The highest BCUT2D eigenvalue weighted by Gasteiger charge is 2.16. The van der Waals surface area contributed by atoms with Crippen LogP contribution in [-0.4, -0.2) is 22.8 Å². The molecule has 1 atom stereocenters. The van der Waals surface area contributed by atoms with E-state index in [2.05, 4.69) is 10.4 Å². The minimum atomic E-state index is -0.315. The first-order chi connectivity index (χ1) is 13.6. The SMILES string of the molecule is CCC(NC(=O)c1ccc(=O)n(Cc2ccccc2)n1)c1ccc(OC)cc1. The molecule has 3 rings (SSSR count). The summed E-state index contributed by atoms with van der Waals surface area (Å²) >= 11 is 0. The molecule has 1 amide bonds. The lowest BCUT2D eigenvalue weighted by Gasteiger charge is -2.18. The molecule has 0 bridgehead atoms. The number of methoxy groups -OCH3 is 1. The largest absolute Gasteiger partial charge is 0.497 e. The van der Waals surface area contributed by atoms with Crippen LogP contribution >= 0.6 is 0 Å². The van der Waals surface area contributed by atoms with Crippen molar-refractivity contribution in [3.05, 3.63) is 93.9 Å². The third-order valence-corrected chi connectivity index (χ3v) is 4.51. The average molecular weight is 377 g/mol. The van der Waals surface area contributed by atoms with E-state index < -0.39 is 0 Å². The van der Waals surface area contributed by atoms with Crippen LogP contribution in [0.3, 0.4) is 0 Å². The molecule has 28 heavy (non-hydrogen) atoms. The fraction of sp³-hybridized carbons (Fsp3) is 0.227. The number of aromatic nitrogens is 2. The third-order valence-electron chi connectivity index (χ3n) is 4.51. The zero-order valence-corrected chi connectivity index (χ0v) is 16.0. The van der Waals surface area contributed by atoms with E-state index in [0.29, 0.717) is 6.54 Å². The summed E-state index contributed by atoms with van der Waals surface area (Å²) in [6.07, 6.45) is 0.724. The van der Waals surface area contributed by atoms with Crippen LogP contribution in [0.15, 0.2) is 71.5 Å². The summed E-state index contributed by atoms with van der Waals surface area (Å²) < 4.78 is 6.48. The molecule has 1 heterocycles. The van der Waals surface area contributed by atoms with E-state index in [0.717, 1.165) is 23.3 Å². The Morgan fingerprint density at radius 3 is 2.43 bits per heavy atom. The Morgan fingerprint density at radius 1 is 1.07 bits per heavy atom. The van der Waals surface area contributed by atoms with Gasteiger partial charge in [-0.25, -0.2) is 4.68 Å². The maximum absolute atomic E-state index is 12.7. The fourth-order valence-corrected chi connectivity index (χ4v) is 2.93. The first-order valence-electron chi connectivity index (χ1n) is 9.17. The molecule has 6 nitrogen and oxygen atoms in total. The van der Waals surface area contributed by atoms with Crippen molar-refractivity contribution in [1.29, 1.82) is 0 Å². The first kappa shape index (κ1) is 19.4. The summed E-state index contributed by atoms with van der Waals surface area (Å²) in [5.74, 6) is 0.448. The van der Waals surface area contributed by atoms with Crippen molar-refractivity contribution in [3.8, 4) is 5.75 Å². The molecule has 144 valence electrons. The lowest BCUT2D eigenvalue weighted by molar-refractivity contribution is 0.0928. The second kappa shape index (κ2) is 8.99. The van der Waals surface area contributed by atoms with Crippen molar-refractivity contribution in [1.82, 2.24) is 15.1 Å². The lowest BCUT2D eigenvalue weighted by atomic mass is 10.0. The number of rotatable bonds is 7. The molecule has 0 aliphatic heterocycles. The maximum atomic E-state index is 12.7. The highest BCUT2D eigenvalue weighted by atomic mass is 16.5.